The van der Waals surface area contributed by atoms with Gasteiger partial charge in [-0.05, 0) is 49.1 Å². The fourth-order valence-corrected chi connectivity index (χ4v) is 4.78. The average molecular weight is 372 g/mol. The van der Waals surface area contributed by atoms with E-state index in [0.29, 0.717) is 0 Å². The Morgan fingerprint density at radius 3 is 2.67 bits per heavy atom. The van der Waals surface area contributed by atoms with Gasteiger partial charge < -0.3 is 4.90 Å². The smallest absolute Gasteiger partial charge is 0.164 e. The van der Waals surface area contributed by atoms with Crippen molar-refractivity contribution < 1.29 is 0 Å². The van der Waals surface area contributed by atoms with Crippen LogP contribution in [0, 0.1) is 13.8 Å². The average Bonchev–Trinajstić information content (AvgIpc) is 3.01. The lowest BCUT2D eigenvalue weighted by Gasteiger charge is -2.30. The molecule has 1 aliphatic rings. The molecule has 4 nitrogen and oxygen atoms in total. The minimum atomic E-state index is 0.755. The highest BCUT2D eigenvalue weighted by Gasteiger charge is 2.23. The number of fused-ring (bicyclic) bond motifs is 2. The van der Waals surface area contributed by atoms with E-state index in [0.717, 1.165) is 41.5 Å². The molecule has 0 amide bonds. The van der Waals surface area contributed by atoms with Crippen LogP contribution in [0.2, 0.25) is 0 Å². The van der Waals surface area contributed by atoms with E-state index in [1.807, 2.05) is 18.3 Å². The molecule has 0 unspecified atom stereocenters. The molecule has 1 aliphatic heterocycles. The molecule has 5 heteroatoms. The highest BCUT2D eigenvalue weighted by atomic mass is 32.1. The maximum atomic E-state index is 5.02. The Kier molecular flexibility index (Phi) is 3.90. The van der Waals surface area contributed by atoms with Gasteiger partial charge in [-0.25, -0.2) is 9.97 Å². The van der Waals surface area contributed by atoms with Crippen LogP contribution in [0.5, 0.6) is 0 Å². The van der Waals surface area contributed by atoms with Gasteiger partial charge in [-0.1, -0.05) is 24.3 Å². The first-order chi connectivity index (χ1) is 13.2. The molecule has 4 heterocycles. The Labute approximate surface area is 162 Å². The number of benzene rings is 1. The number of anilines is 1. The third-order valence-electron chi connectivity index (χ3n) is 5.36. The van der Waals surface area contributed by atoms with E-state index in [-0.39, 0.29) is 0 Å². The van der Waals surface area contributed by atoms with Crippen LogP contribution in [-0.2, 0) is 13.0 Å². The van der Waals surface area contributed by atoms with Gasteiger partial charge in [0.15, 0.2) is 5.82 Å². The second-order valence-corrected chi connectivity index (χ2v) is 8.22. The fourth-order valence-electron chi connectivity index (χ4n) is 3.76. The fraction of sp³-hybridized carbons (Fsp3) is 0.227. The minimum Gasteiger partial charge on any atom is -0.351 e. The molecule has 0 fully saturated rings. The molecular weight excluding hydrogens is 352 g/mol. The molecule has 1 aromatic carbocycles. The van der Waals surface area contributed by atoms with Gasteiger partial charge in [-0.15, -0.1) is 11.3 Å². The number of hydrogen-bond acceptors (Lipinski definition) is 5. The zero-order valence-corrected chi connectivity index (χ0v) is 16.3. The molecule has 0 spiro atoms. The van der Waals surface area contributed by atoms with Gasteiger partial charge in [-0.2, -0.15) is 0 Å². The summed E-state index contributed by atoms with van der Waals surface area (Å²) in [5.41, 5.74) is 5.09. The van der Waals surface area contributed by atoms with Crippen molar-refractivity contribution in [2.75, 3.05) is 11.4 Å². The minimum absolute atomic E-state index is 0.755. The van der Waals surface area contributed by atoms with Gasteiger partial charge in [-0.3, -0.25) is 4.98 Å². The molecule has 0 N–H and O–H groups in total. The van der Waals surface area contributed by atoms with Crippen LogP contribution in [0.15, 0.2) is 48.8 Å². The first-order valence-electron chi connectivity index (χ1n) is 9.20. The monoisotopic (exact) mass is 372 g/mol. The van der Waals surface area contributed by atoms with E-state index in [1.165, 1.54) is 27.0 Å². The second kappa shape index (κ2) is 6.43. The predicted molar refractivity (Wildman–Crippen MR) is 111 cm³/mol. The maximum Gasteiger partial charge on any atom is 0.164 e. The van der Waals surface area contributed by atoms with Gasteiger partial charge in [0.05, 0.1) is 5.39 Å². The summed E-state index contributed by atoms with van der Waals surface area (Å²) in [6.45, 7) is 6.22. The lowest BCUT2D eigenvalue weighted by molar-refractivity contribution is 0.723. The summed E-state index contributed by atoms with van der Waals surface area (Å²) in [7, 11) is 0. The van der Waals surface area contributed by atoms with Crippen molar-refractivity contribution in [3.63, 3.8) is 0 Å². The highest BCUT2D eigenvalue weighted by molar-refractivity contribution is 7.18. The van der Waals surface area contributed by atoms with Crippen LogP contribution in [0.1, 0.15) is 21.6 Å². The number of thiophene rings is 1. The Morgan fingerprint density at radius 2 is 1.85 bits per heavy atom. The molecule has 0 atom stereocenters. The number of aromatic nitrogens is 3. The SMILES string of the molecule is Cc1sc2nc(-c3cccnc3)nc(N3CCc4ccccc4C3)c2c1C. The van der Waals surface area contributed by atoms with Crippen LogP contribution < -0.4 is 4.90 Å². The first kappa shape index (κ1) is 16.4. The summed E-state index contributed by atoms with van der Waals surface area (Å²) < 4.78 is 0. The summed E-state index contributed by atoms with van der Waals surface area (Å²) in [5.74, 6) is 1.81. The number of aryl methyl sites for hydroxylation is 2. The molecule has 0 saturated carbocycles. The zero-order valence-electron chi connectivity index (χ0n) is 15.4. The molecule has 134 valence electrons. The van der Waals surface area contributed by atoms with Crippen LogP contribution >= 0.6 is 11.3 Å². The van der Waals surface area contributed by atoms with Gasteiger partial charge in [0, 0.05) is 35.9 Å². The molecular formula is C22H20N4S. The van der Waals surface area contributed by atoms with E-state index in [1.54, 1.807) is 17.5 Å². The van der Waals surface area contributed by atoms with Crippen molar-refractivity contribution in [1.82, 2.24) is 15.0 Å². The summed E-state index contributed by atoms with van der Waals surface area (Å²) >= 11 is 1.75. The van der Waals surface area contributed by atoms with E-state index >= 15 is 0 Å². The standard InChI is InChI=1S/C22H20N4S/c1-14-15(2)27-22-19(14)21(24-20(25-22)17-8-5-10-23-12-17)26-11-9-16-6-3-4-7-18(16)13-26/h3-8,10,12H,9,11,13H2,1-2H3. The van der Waals surface area contributed by atoms with E-state index < -0.39 is 0 Å². The second-order valence-electron chi connectivity index (χ2n) is 7.02. The molecule has 4 aromatic rings. The summed E-state index contributed by atoms with van der Waals surface area (Å²) in [6, 6.07) is 12.7. The zero-order chi connectivity index (χ0) is 18.4. The quantitative estimate of drug-likeness (QED) is 0.500. The van der Waals surface area contributed by atoms with Gasteiger partial charge in [0.2, 0.25) is 0 Å². The Hall–Kier alpha value is -2.79. The topological polar surface area (TPSA) is 41.9 Å². The number of pyridine rings is 1. The Balaban J connectivity index is 1.69. The summed E-state index contributed by atoms with van der Waals surface area (Å²) in [6.07, 6.45) is 4.67. The van der Waals surface area contributed by atoms with Crippen molar-refractivity contribution in [1.29, 1.82) is 0 Å². The maximum absolute atomic E-state index is 5.02. The summed E-state index contributed by atoms with van der Waals surface area (Å²) in [4.78, 5) is 18.9. The van der Waals surface area contributed by atoms with Gasteiger partial charge in [0.1, 0.15) is 10.6 Å². The normalized spacial score (nSPS) is 13.8. The molecule has 5 rings (SSSR count). The molecule has 0 radical (unpaired) electrons. The Bertz CT molecular complexity index is 1130. The third kappa shape index (κ3) is 2.79. The number of hydrogen-bond donors (Lipinski definition) is 0. The van der Waals surface area contributed by atoms with Crippen LogP contribution in [0.4, 0.5) is 5.82 Å². The Morgan fingerprint density at radius 1 is 1.00 bits per heavy atom. The molecule has 3 aromatic heterocycles. The van der Waals surface area contributed by atoms with Crippen LogP contribution in [0.25, 0.3) is 21.6 Å². The predicted octanol–water partition coefficient (Wildman–Crippen LogP) is 4.93. The van der Waals surface area contributed by atoms with Crippen molar-refractivity contribution in [2.45, 2.75) is 26.8 Å². The largest absolute Gasteiger partial charge is 0.351 e. The molecule has 0 aliphatic carbocycles. The van der Waals surface area contributed by atoms with E-state index in [9.17, 15) is 0 Å². The van der Waals surface area contributed by atoms with Crippen molar-refractivity contribution in [3.05, 3.63) is 70.4 Å². The molecule has 27 heavy (non-hydrogen) atoms. The van der Waals surface area contributed by atoms with E-state index in [2.05, 4.69) is 48.0 Å². The van der Waals surface area contributed by atoms with Crippen molar-refractivity contribution in [3.8, 4) is 11.4 Å². The lowest BCUT2D eigenvalue weighted by atomic mass is 9.99. The lowest BCUT2D eigenvalue weighted by Crippen LogP contribution is -2.31. The van der Waals surface area contributed by atoms with E-state index in [4.69, 9.17) is 9.97 Å². The highest BCUT2D eigenvalue weighted by Crippen LogP contribution is 2.38. The van der Waals surface area contributed by atoms with Crippen molar-refractivity contribution >= 4 is 27.4 Å². The third-order valence-corrected chi connectivity index (χ3v) is 6.46. The van der Waals surface area contributed by atoms with Gasteiger partial charge in [0.25, 0.3) is 0 Å². The first-order valence-corrected chi connectivity index (χ1v) is 10.0. The molecule has 0 saturated heterocycles. The van der Waals surface area contributed by atoms with Crippen LogP contribution in [-0.4, -0.2) is 21.5 Å². The number of nitrogens with zero attached hydrogens (tertiary/aromatic N) is 4. The molecule has 0 bridgehead atoms. The number of rotatable bonds is 2. The van der Waals surface area contributed by atoms with Gasteiger partial charge >= 0.3 is 0 Å². The van der Waals surface area contributed by atoms with Crippen molar-refractivity contribution in [2.24, 2.45) is 0 Å². The van der Waals surface area contributed by atoms with Crippen LogP contribution in [0.3, 0.4) is 0 Å². The summed E-state index contributed by atoms with van der Waals surface area (Å²) in [5, 5.41) is 1.20.